The minimum Gasteiger partial charge on any atom is -0.367 e. The van der Waals surface area contributed by atoms with E-state index < -0.39 is 5.41 Å². The topological polar surface area (TPSA) is 61.9 Å². The van der Waals surface area contributed by atoms with Crippen LogP contribution in [-0.4, -0.2) is 61.1 Å². The highest BCUT2D eigenvalue weighted by molar-refractivity contribution is 5.79. The molecule has 0 spiro atoms. The Labute approximate surface area is 126 Å². The molecule has 0 aromatic heterocycles. The van der Waals surface area contributed by atoms with Crippen LogP contribution in [0.2, 0.25) is 0 Å². The molecule has 2 rings (SSSR count). The fourth-order valence-corrected chi connectivity index (χ4v) is 2.59. The Morgan fingerprint density at radius 3 is 2.14 bits per heavy atom. The summed E-state index contributed by atoms with van der Waals surface area (Å²) in [6, 6.07) is 0. The van der Waals surface area contributed by atoms with E-state index in [4.69, 9.17) is 4.84 Å². The molecular weight excluding hydrogens is 270 g/mol. The second kappa shape index (κ2) is 6.75. The van der Waals surface area contributed by atoms with E-state index in [0.717, 1.165) is 39.0 Å². The third-order valence-electron chi connectivity index (χ3n) is 4.06. The number of piperidine rings is 1. The molecule has 2 aliphatic rings. The van der Waals surface area contributed by atoms with Gasteiger partial charge in [0.1, 0.15) is 0 Å². The summed E-state index contributed by atoms with van der Waals surface area (Å²) >= 11 is 0. The van der Waals surface area contributed by atoms with Gasteiger partial charge in [-0.05, 0) is 33.6 Å². The molecule has 120 valence electrons. The van der Waals surface area contributed by atoms with Crippen molar-refractivity contribution in [1.29, 1.82) is 0 Å². The molecule has 6 nitrogen and oxygen atoms in total. The lowest BCUT2D eigenvalue weighted by Crippen LogP contribution is -2.50. The Kier molecular flexibility index (Phi) is 5.22. The maximum atomic E-state index is 12.4. The van der Waals surface area contributed by atoms with Crippen LogP contribution in [0, 0.1) is 11.3 Å². The van der Waals surface area contributed by atoms with Gasteiger partial charge in [0.2, 0.25) is 5.91 Å². The van der Waals surface area contributed by atoms with Crippen molar-refractivity contribution < 1.29 is 14.4 Å². The lowest BCUT2D eigenvalue weighted by Gasteiger charge is -2.35. The number of rotatable bonds is 2. The molecule has 2 saturated heterocycles. The highest BCUT2D eigenvalue weighted by Crippen LogP contribution is 2.22. The molecule has 2 heterocycles. The second-order valence-corrected chi connectivity index (χ2v) is 6.91. The number of hydrogen-bond acceptors (Lipinski definition) is 5. The number of carbonyl (C=O) groups excluding carboxylic acids is 2. The van der Waals surface area contributed by atoms with E-state index in [1.807, 2.05) is 25.7 Å². The van der Waals surface area contributed by atoms with E-state index in [1.165, 1.54) is 0 Å². The highest BCUT2D eigenvalue weighted by atomic mass is 16.7. The summed E-state index contributed by atoms with van der Waals surface area (Å²) in [7, 11) is 0. The molecular formula is C15H27N3O3. The van der Waals surface area contributed by atoms with Gasteiger partial charge >= 0.3 is 5.97 Å². The van der Waals surface area contributed by atoms with Gasteiger partial charge in [-0.15, -0.1) is 5.06 Å². The van der Waals surface area contributed by atoms with Crippen LogP contribution in [-0.2, 0) is 14.4 Å². The Morgan fingerprint density at radius 1 is 1.05 bits per heavy atom. The Balaban J connectivity index is 1.77. The van der Waals surface area contributed by atoms with Crippen LogP contribution in [0.5, 0.6) is 0 Å². The van der Waals surface area contributed by atoms with Gasteiger partial charge in [0.25, 0.3) is 0 Å². The zero-order valence-corrected chi connectivity index (χ0v) is 13.4. The third-order valence-corrected chi connectivity index (χ3v) is 4.06. The van der Waals surface area contributed by atoms with Crippen molar-refractivity contribution >= 4 is 11.9 Å². The van der Waals surface area contributed by atoms with Gasteiger partial charge in [0, 0.05) is 45.2 Å². The predicted molar refractivity (Wildman–Crippen MR) is 79.3 cm³/mol. The normalized spacial score (nSPS) is 22.1. The predicted octanol–water partition coefficient (Wildman–Crippen LogP) is 0.635. The first-order chi connectivity index (χ1) is 9.88. The molecule has 0 atom stereocenters. The second-order valence-electron chi connectivity index (χ2n) is 6.91. The lowest BCUT2D eigenvalue weighted by molar-refractivity contribution is -0.206. The van der Waals surface area contributed by atoms with Gasteiger partial charge in [-0.2, -0.15) is 0 Å². The van der Waals surface area contributed by atoms with Crippen LogP contribution in [0.4, 0.5) is 0 Å². The largest absolute Gasteiger partial charge is 0.367 e. The molecule has 2 fully saturated rings. The summed E-state index contributed by atoms with van der Waals surface area (Å²) in [5.41, 5.74) is -0.493. The number of nitrogens with zero attached hydrogens (tertiary/aromatic N) is 2. The molecule has 0 radical (unpaired) electrons. The molecule has 21 heavy (non-hydrogen) atoms. The molecule has 0 unspecified atom stereocenters. The van der Waals surface area contributed by atoms with E-state index in [0.29, 0.717) is 13.1 Å². The van der Waals surface area contributed by atoms with Crippen molar-refractivity contribution in [3.05, 3.63) is 0 Å². The molecule has 1 N–H and O–H groups in total. The van der Waals surface area contributed by atoms with Crippen LogP contribution in [0.3, 0.4) is 0 Å². The Morgan fingerprint density at radius 2 is 1.62 bits per heavy atom. The maximum Gasteiger partial charge on any atom is 0.330 e. The van der Waals surface area contributed by atoms with Crippen LogP contribution in [0.15, 0.2) is 0 Å². The number of amides is 1. The minimum atomic E-state index is -0.493. The first-order valence-corrected chi connectivity index (χ1v) is 7.85. The highest BCUT2D eigenvalue weighted by Gasteiger charge is 2.32. The van der Waals surface area contributed by atoms with Crippen molar-refractivity contribution in [3.8, 4) is 0 Å². The average Bonchev–Trinajstić information content (AvgIpc) is 2.47. The SMILES string of the molecule is CC(C)(C)C(=O)ON1CCC(C(=O)N2CCNCC2)CC1. The van der Waals surface area contributed by atoms with Gasteiger partial charge < -0.3 is 15.1 Å². The number of hydrogen-bond donors (Lipinski definition) is 1. The fraction of sp³-hybridized carbons (Fsp3) is 0.867. The van der Waals surface area contributed by atoms with Crippen molar-refractivity contribution in [2.75, 3.05) is 39.3 Å². The first kappa shape index (κ1) is 16.2. The van der Waals surface area contributed by atoms with Crippen LogP contribution >= 0.6 is 0 Å². The van der Waals surface area contributed by atoms with Gasteiger partial charge in [-0.25, -0.2) is 4.79 Å². The Bertz CT molecular complexity index is 378. The van der Waals surface area contributed by atoms with Crippen molar-refractivity contribution in [2.45, 2.75) is 33.6 Å². The standard InChI is InChI=1S/C15H27N3O3/c1-15(2,3)14(20)21-18-8-4-12(5-9-18)13(19)17-10-6-16-7-11-17/h12,16H,4-11H2,1-3H3. The van der Waals surface area contributed by atoms with Gasteiger partial charge in [0.05, 0.1) is 5.41 Å². The maximum absolute atomic E-state index is 12.4. The zero-order valence-electron chi connectivity index (χ0n) is 13.4. The van der Waals surface area contributed by atoms with E-state index >= 15 is 0 Å². The molecule has 1 amide bonds. The monoisotopic (exact) mass is 297 g/mol. The molecule has 0 bridgehead atoms. The lowest BCUT2D eigenvalue weighted by atomic mass is 9.95. The summed E-state index contributed by atoms with van der Waals surface area (Å²) in [6.07, 6.45) is 1.53. The van der Waals surface area contributed by atoms with E-state index in [-0.39, 0.29) is 17.8 Å². The minimum absolute atomic E-state index is 0.0766. The molecule has 0 aromatic carbocycles. The molecule has 0 aliphatic carbocycles. The Hall–Kier alpha value is -1.14. The van der Waals surface area contributed by atoms with Crippen molar-refractivity contribution in [1.82, 2.24) is 15.3 Å². The summed E-state index contributed by atoms with van der Waals surface area (Å²) in [5, 5.41) is 4.96. The third kappa shape index (κ3) is 4.41. The smallest absolute Gasteiger partial charge is 0.330 e. The molecule has 6 heteroatoms. The summed E-state index contributed by atoms with van der Waals surface area (Å²) in [4.78, 5) is 31.6. The molecule has 0 saturated carbocycles. The quantitative estimate of drug-likeness (QED) is 0.810. The molecule has 2 aliphatic heterocycles. The van der Waals surface area contributed by atoms with Gasteiger partial charge in [-0.1, -0.05) is 0 Å². The molecule has 0 aromatic rings. The van der Waals surface area contributed by atoms with Crippen molar-refractivity contribution in [2.24, 2.45) is 11.3 Å². The summed E-state index contributed by atoms with van der Waals surface area (Å²) in [5.74, 6) is 0.125. The number of piperazine rings is 1. The van der Waals surface area contributed by atoms with E-state index in [1.54, 1.807) is 5.06 Å². The van der Waals surface area contributed by atoms with E-state index in [2.05, 4.69) is 5.32 Å². The summed E-state index contributed by atoms with van der Waals surface area (Å²) < 4.78 is 0. The number of hydroxylamine groups is 2. The van der Waals surface area contributed by atoms with Gasteiger partial charge in [-0.3, -0.25) is 4.79 Å². The van der Waals surface area contributed by atoms with E-state index in [9.17, 15) is 9.59 Å². The van der Waals surface area contributed by atoms with Crippen LogP contribution in [0.1, 0.15) is 33.6 Å². The summed E-state index contributed by atoms with van der Waals surface area (Å²) in [6.45, 7) is 10.2. The van der Waals surface area contributed by atoms with Crippen LogP contribution < -0.4 is 5.32 Å². The van der Waals surface area contributed by atoms with Gasteiger partial charge in [0.15, 0.2) is 0 Å². The van der Waals surface area contributed by atoms with Crippen LogP contribution in [0.25, 0.3) is 0 Å². The average molecular weight is 297 g/mol. The van der Waals surface area contributed by atoms with Crippen molar-refractivity contribution in [3.63, 3.8) is 0 Å². The fourth-order valence-electron chi connectivity index (χ4n) is 2.59. The zero-order chi connectivity index (χ0) is 15.5. The number of nitrogens with one attached hydrogen (secondary N) is 1. The number of carbonyl (C=O) groups is 2. The first-order valence-electron chi connectivity index (χ1n) is 7.85.